The van der Waals surface area contributed by atoms with Gasteiger partial charge in [0, 0.05) is 30.9 Å². The molecular weight excluding hydrogens is 314 g/mol. The summed E-state index contributed by atoms with van der Waals surface area (Å²) in [5, 5.41) is 5.72. The molecule has 0 atom stereocenters. The van der Waals surface area contributed by atoms with Gasteiger partial charge < -0.3 is 10.6 Å². The van der Waals surface area contributed by atoms with Crippen molar-refractivity contribution in [3.05, 3.63) is 49.6 Å². The maximum Gasteiger partial charge on any atom is 0.238 e. The van der Waals surface area contributed by atoms with Crippen molar-refractivity contribution in [2.45, 2.75) is 32.6 Å². The number of hydrogen-bond acceptors (Lipinski definition) is 3. The van der Waals surface area contributed by atoms with Crippen LogP contribution in [0.25, 0.3) is 0 Å². The normalized spacial score (nSPS) is 10.3. The summed E-state index contributed by atoms with van der Waals surface area (Å²) in [5.41, 5.74) is 1.35. The fraction of sp³-hybridized carbons (Fsp3) is 0.400. The summed E-state index contributed by atoms with van der Waals surface area (Å²) >= 11 is 0. The van der Waals surface area contributed by atoms with Gasteiger partial charge in [0.25, 0.3) is 0 Å². The molecule has 0 saturated carbocycles. The molecule has 0 heterocycles. The summed E-state index contributed by atoms with van der Waals surface area (Å²) in [5.74, 6) is -0.116. The first-order valence-electron chi connectivity index (χ1n) is 8.73. The Kier molecular flexibility index (Phi) is 9.94. The number of hydrogen-bond donors (Lipinski definition) is 2. The second-order valence-corrected chi connectivity index (χ2v) is 5.91. The molecule has 0 aromatic heterocycles. The average Bonchev–Trinajstić information content (AvgIpc) is 2.55. The third kappa shape index (κ3) is 8.86. The number of amides is 2. The molecule has 0 unspecified atom stereocenters. The van der Waals surface area contributed by atoms with Gasteiger partial charge in [-0.3, -0.25) is 14.5 Å². The van der Waals surface area contributed by atoms with Crippen molar-refractivity contribution in [3.63, 3.8) is 0 Å². The molecule has 25 heavy (non-hydrogen) atoms. The minimum Gasteiger partial charge on any atom is -0.326 e. The zero-order chi connectivity index (χ0) is 18.5. The van der Waals surface area contributed by atoms with E-state index in [1.807, 2.05) is 17.0 Å². The number of nitrogens with zero attached hydrogens (tertiary/aromatic N) is 1. The summed E-state index contributed by atoms with van der Waals surface area (Å²) in [7, 11) is 0. The molecule has 0 radical (unpaired) electrons. The van der Waals surface area contributed by atoms with Gasteiger partial charge in [-0.25, -0.2) is 0 Å². The molecular formula is C20H29N3O2. The fourth-order valence-corrected chi connectivity index (χ4v) is 2.41. The third-order valence-corrected chi connectivity index (χ3v) is 3.58. The number of unbranched alkanes of at least 4 members (excludes halogenated alkanes) is 2. The lowest BCUT2D eigenvalue weighted by molar-refractivity contribution is -0.117. The van der Waals surface area contributed by atoms with Crippen molar-refractivity contribution in [2.24, 2.45) is 0 Å². The van der Waals surface area contributed by atoms with E-state index in [1.54, 1.807) is 24.3 Å². The van der Waals surface area contributed by atoms with E-state index >= 15 is 0 Å². The molecule has 2 amide bonds. The molecule has 0 aliphatic carbocycles. The van der Waals surface area contributed by atoms with E-state index in [0.717, 1.165) is 19.3 Å². The van der Waals surface area contributed by atoms with Gasteiger partial charge >= 0.3 is 0 Å². The first-order chi connectivity index (χ1) is 12.1. The van der Waals surface area contributed by atoms with Crippen LogP contribution < -0.4 is 10.6 Å². The zero-order valence-electron chi connectivity index (χ0n) is 15.1. The number of carbonyl (C=O) groups excluding carboxylic acids is 2. The molecule has 5 nitrogen and oxygen atoms in total. The van der Waals surface area contributed by atoms with Gasteiger partial charge in [0.15, 0.2) is 0 Å². The first-order valence-corrected chi connectivity index (χ1v) is 8.73. The Bertz CT molecular complexity index is 574. The van der Waals surface area contributed by atoms with Crippen LogP contribution in [0.4, 0.5) is 11.4 Å². The second kappa shape index (κ2) is 12.0. The lowest BCUT2D eigenvalue weighted by atomic mass is 10.2. The molecule has 1 aromatic rings. The Morgan fingerprint density at radius 2 is 1.64 bits per heavy atom. The maximum atomic E-state index is 12.2. The molecule has 0 aliphatic rings. The molecule has 5 heteroatoms. The van der Waals surface area contributed by atoms with Crippen molar-refractivity contribution in [1.82, 2.24) is 4.90 Å². The van der Waals surface area contributed by atoms with Crippen LogP contribution in [0.3, 0.4) is 0 Å². The Balaban J connectivity index is 2.56. The average molecular weight is 343 g/mol. The standard InChI is InChI=1S/C20H29N3O2/c1-4-7-8-12-19(24)21-17-10-9-11-18(15-17)22-20(25)16-23(13-5-2)14-6-3/h5-6,9-11,15H,2-4,7-8,12-14,16H2,1H3,(H,21,24)(H,22,25). The highest BCUT2D eigenvalue weighted by Gasteiger charge is 2.09. The Morgan fingerprint density at radius 3 is 2.20 bits per heavy atom. The van der Waals surface area contributed by atoms with Crippen molar-refractivity contribution >= 4 is 23.2 Å². The van der Waals surface area contributed by atoms with Gasteiger partial charge in [-0.2, -0.15) is 0 Å². The number of carbonyl (C=O) groups is 2. The summed E-state index contributed by atoms with van der Waals surface area (Å²) in [4.78, 5) is 26.0. The van der Waals surface area contributed by atoms with Crippen molar-refractivity contribution in [1.29, 1.82) is 0 Å². The molecule has 0 aliphatic heterocycles. The van der Waals surface area contributed by atoms with Crippen LogP contribution in [0.5, 0.6) is 0 Å². The molecule has 1 aromatic carbocycles. The van der Waals surface area contributed by atoms with Crippen LogP contribution in [0.2, 0.25) is 0 Å². The van der Waals surface area contributed by atoms with E-state index in [1.165, 1.54) is 0 Å². The molecule has 136 valence electrons. The SMILES string of the molecule is C=CCN(CC=C)CC(=O)Nc1cccc(NC(=O)CCCCC)c1. The molecule has 0 spiro atoms. The topological polar surface area (TPSA) is 61.4 Å². The van der Waals surface area contributed by atoms with E-state index in [9.17, 15) is 9.59 Å². The number of rotatable bonds is 12. The molecule has 2 N–H and O–H groups in total. The monoisotopic (exact) mass is 343 g/mol. The summed E-state index contributed by atoms with van der Waals surface area (Å²) in [6.07, 6.45) is 7.06. The number of benzene rings is 1. The largest absolute Gasteiger partial charge is 0.326 e. The predicted octanol–water partition coefficient (Wildman–Crippen LogP) is 3.82. The molecule has 0 bridgehead atoms. The lowest BCUT2D eigenvalue weighted by Crippen LogP contribution is -2.33. The van der Waals surface area contributed by atoms with Gasteiger partial charge in [-0.15, -0.1) is 13.2 Å². The molecule has 0 fully saturated rings. The smallest absolute Gasteiger partial charge is 0.238 e. The lowest BCUT2D eigenvalue weighted by Gasteiger charge is -2.18. The maximum absolute atomic E-state index is 12.2. The van der Waals surface area contributed by atoms with Crippen LogP contribution in [0, 0.1) is 0 Å². The van der Waals surface area contributed by atoms with Gasteiger partial charge in [0.05, 0.1) is 6.54 Å². The number of anilines is 2. The van der Waals surface area contributed by atoms with Crippen molar-refractivity contribution in [3.8, 4) is 0 Å². The Labute approximate surface area is 150 Å². The van der Waals surface area contributed by atoms with Crippen LogP contribution >= 0.6 is 0 Å². The highest BCUT2D eigenvalue weighted by atomic mass is 16.2. The van der Waals surface area contributed by atoms with Crippen LogP contribution in [-0.4, -0.2) is 36.3 Å². The highest BCUT2D eigenvalue weighted by Crippen LogP contribution is 2.16. The van der Waals surface area contributed by atoms with Crippen molar-refractivity contribution in [2.75, 3.05) is 30.3 Å². The molecule has 1 rings (SSSR count). The zero-order valence-corrected chi connectivity index (χ0v) is 15.1. The van der Waals surface area contributed by atoms with E-state index in [0.29, 0.717) is 30.9 Å². The third-order valence-electron chi connectivity index (χ3n) is 3.58. The van der Waals surface area contributed by atoms with Gasteiger partial charge in [0.1, 0.15) is 0 Å². The van der Waals surface area contributed by atoms with E-state index < -0.39 is 0 Å². The van der Waals surface area contributed by atoms with Crippen molar-refractivity contribution < 1.29 is 9.59 Å². The number of nitrogens with one attached hydrogen (secondary N) is 2. The summed E-state index contributed by atoms with van der Waals surface area (Å²) < 4.78 is 0. The quantitative estimate of drug-likeness (QED) is 0.448. The Hall–Kier alpha value is -2.40. The summed E-state index contributed by atoms with van der Waals surface area (Å²) in [6, 6.07) is 7.19. The van der Waals surface area contributed by atoms with Crippen LogP contribution in [-0.2, 0) is 9.59 Å². The first kappa shape index (κ1) is 20.6. The molecule has 0 saturated heterocycles. The second-order valence-electron chi connectivity index (χ2n) is 5.91. The summed E-state index contributed by atoms with van der Waals surface area (Å²) in [6.45, 7) is 11.0. The minimum absolute atomic E-state index is 0.0000626. The Morgan fingerprint density at radius 1 is 1.04 bits per heavy atom. The van der Waals surface area contributed by atoms with Gasteiger partial charge in [-0.05, 0) is 24.6 Å². The van der Waals surface area contributed by atoms with Crippen LogP contribution in [0.15, 0.2) is 49.6 Å². The van der Waals surface area contributed by atoms with E-state index in [4.69, 9.17) is 0 Å². The highest BCUT2D eigenvalue weighted by molar-refractivity contribution is 5.94. The van der Waals surface area contributed by atoms with Crippen LogP contribution in [0.1, 0.15) is 32.6 Å². The van der Waals surface area contributed by atoms with E-state index in [-0.39, 0.29) is 18.4 Å². The minimum atomic E-state index is -0.116. The fourth-order valence-electron chi connectivity index (χ4n) is 2.41. The van der Waals surface area contributed by atoms with Gasteiger partial charge in [0.2, 0.25) is 11.8 Å². The van der Waals surface area contributed by atoms with Gasteiger partial charge in [-0.1, -0.05) is 38.0 Å². The van der Waals surface area contributed by atoms with E-state index in [2.05, 4.69) is 30.7 Å². The predicted molar refractivity (Wildman–Crippen MR) is 105 cm³/mol.